The molecule has 3 N–H and O–H groups in total. The van der Waals surface area contributed by atoms with Gasteiger partial charge in [-0.1, -0.05) is 54.6 Å². The van der Waals surface area contributed by atoms with Crippen LogP contribution in [0.2, 0.25) is 0 Å². The highest BCUT2D eigenvalue weighted by molar-refractivity contribution is 5.87. The molecule has 0 bridgehead atoms. The number of hydrogen-bond donors (Lipinski definition) is 3. The lowest BCUT2D eigenvalue weighted by Gasteiger charge is -2.28. The first-order valence-corrected chi connectivity index (χ1v) is 9.18. The molecule has 0 radical (unpaired) electrons. The quantitative estimate of drug-likeness (QED) is 0.707. The summed E-state index contributed by atoms with van der Waals surface area (Å²) in [6, 6.07) is 15.6. The molecular formula is C21H23N3O4. The monoisotopic (exact) mass is 381 g/mol. The van der Waals surface area contributed by atoms with Gasteiger partial charge in [-0.2, -0.15) is 0 Å². The maximum Gasteiger partial charge on any atom is 0.326 e. The van der Waals surface area contributed by atoms with E-state index in [4.69, 9.17) is 0 Å². The van der Waals surface area contributed by atoms with Crippen LogP contribution in [0.25, 0.3) is 0 Å². The summed E-state index contributed by atoms with van der Waals surface area (Å²) in [5.74, 6) is -1.65. The molecule has 2 aromatic carbocycles. The second-order valence-corrected chi connectivity index (χ2v) is 6.75. The van der Waals surface area contributed by atoms with Gasteiger partial charge < -0.3 is 20.6 Å². The van der Waals surface area contributed by atoms with Crippen LogP contribution in [0.1, 0.15) is 16.7 Å². The fraction of sp³-hybridized carbons (Fsp3) is 0.286. The Morgan fingerprint density at radius 3 is 2.39 bits per heavy atom. The van der Waals surface area contributed by atoms with Crippen LogP contribution in [-0.4, -0.2) is 47.0 Å². The van der Waals surface area contributed by atoms with Gasteiger partial charge in [0.2, 0.25) is 5.91 Å². The molecule has 7 nitrogen and oxygen atoms in total. The van der Waals surface area contributed by atoms with E-state index in [-0.39, 0.29) is 19.0 Å². The molecule has 0 spiro atoms. The van der Waals surface area contributed by atoms with Gasteiger partial charge in [-0.05, 0) is 23.1 Å². The number of carbonyl (C=O) groups excluding carboxylic acids is 2. The number of nitrogens with zero attached hydrogens (tertiary/aromatic N) is 1. The highest BCUT2D eigenvalue weighted by Gasteiger charge is 2.23. The number of amides is 3. The van der Waals surface area contributed by atoms with Crippen molar-refractivity contribution in [3.63, 3.8) is 0 Å². The van der Waals surface area contributed by atoms with E-state index in [0.717, 1.165) is 17.5 Å². The summed E-state index contributed by atoms with van der Waals surface area (Å²) < 4.78 is 0. The zero-order chi connectivity index (χ0) is 19.9. The second kappa shape index (κ2) is 9.03. The standard InChI is InChI=1S/C21H23N3O4/c25-19(23-18(20(26)27)12-15-6-2-1-3-7-15)13-22-21(28)24-11-10-16-8-4-5-9-17(16)14-24/h1-9,18H,10-14H2,(H,22,28)(H,23,25)(H,26,27)/t18-/m1/s1. The largest absolute Gasteiger partial charge is 0.480 e. The fourth-order valence-electron chi connectivity index (χ4n) is 3.23. The molecule has 2 aromatic rings. The molecule has 1 aliphatic heterocycles. The number of carbonyl (C=O) groups is 3. The number of fused-ring (bicyclic) bond motifs is 1. The van der Waals surface area contributed by atoms with Gasteiger partial charge in [0.25, 0.3) is 0 Å². The molecular weight excluding hydrogens is 358 g/mol. The lowest BCUT2D eigenvalue weighted by molar-refractivity contribution is -0.141. The van der Waals surface area contributed by atoms with E-state index in [1.807, 2.05) is 36.4 Å². The molecule has 0 fully saturated rings. The third-order valence-electron chi connectivity index (χ3n) is 4.73. The topological polar surface area (TPSA) is 98.7 Å². The third kappa shape index (κ3) is 5.09. The highest BCUT2D eigenvalue weighted by Crippen LogP contribution is 2.18. The number of hydrogen-bond acceptors (Lipinski definition) is 3. The molecule has 1 atom stereocenters. The summed E-state index contributed by atoms with van der Waals surface area (Å²) in [7, 11) is 0. The molecule has 0 aliphatic carbocycles. The minimum Gasteiger partial charge on any atom is -0.480 e. The maximum absolute atomic E-state index is 12.3. The van der Waals surface area contributed by atoms with Gasteiger partial charge in [0.1, 0.15) is 6.04 Å². The Morgan fingerprint density at radius 2 is 1.68 bits per heavy atom. The zero-order valence-electron chi connectivity index (χ0n) is 15.4. The smallest absolute Gasteiger partial charge is 0.326 e. The molecule has 1 aliphatic rings. The van der Waals surface area contributed by atoms with Gasteiger partial charge in [-0.15, -0.1) is 0 Å². The summed E-state index contributed by atoms with van der Waals surface area (Å²) >= 11 is 0. The number of carboxylic acids is 1. The Balaban J connectivity index is 1.49. The first kappa shape index (κ1) is 19.4. The van der Waals surface area contributed by atoms with Gasteiger partial charge in [-0.3, -0.25) is 4.79 Å². The van der Waals surface area contributed by atoms with E-state index < -0.39 is 17.9 Å². The molecule has 0 unspecified atom stereocenters. The second-order valence-electron chi connectivity index (χ2n) is 6.75. The molecule has 0 saturated heterocycles. The number of aliphatic carboxylic acids is 1. The van der Waals surface area contributed by atoms with Gasteiger partial charge >= 0.3 is 12.0 Å². The molecule has 28 heavy (non-hydrogen) atoms. The minimum absolute atomic E-state index is 0.179. The predicted octanol–water partition coefficient (Wildman–Crippen LogP) is 1.57. The molecule has 3 rings (SSSR count). The summed E-state index contributed by atoms with van der Waals surface area (Å²) in [6.45, 7) is 0.807. The molecule has 1 heterocycles. The van der Waals surface area contributed by atoms with Crippen molar-refractivity contribution in [1.29, 1.82) is 0 Å². The molecule has 146 valence electrons. The van der Waals surface area contributed by atoms with Crippen molar-refractivity contribution in [3.8, 4) is 0 Å². The summed E-state index contributed by atoms with van der Waals surface area (Å²) in [4.78, 5) is 37.5. The number of benzene rings is 2. The van der Waals surface area contributed by atoms with E-state index in [9.17, 15) is 19.5 Å². The van der Waals surface area contributed by atoms with Gasteiger partial charge in [-0.25, -0.2) is 9.59 Å². The Hall–Kier alpha value is -3.35. The molecule has 0 saturated carbocycles. The Morgan fingerprint density at radius 1 is 1.00 bits per heavy atom. The number of nitrogens with one attached hydrogen (secondary N) is 2. The molecule has 0 aromatic heterocycles. The van der Waals surface area contributed by atoms with Crippen LogP contribution in [0.15, 0.2) is 54.6 Å². The highest BCUT2D eigenvalue weighted by atomic mass is 16.4. The van der Waals surface area contributed by atoms with Crippen LogP contribution < -0.4 is 10.6 Å². The van der Waals surface area contributed by atoms with E-state index in [1.165, 1.54) is 5.56 Å². The third-order valence-corrected chi connectivity index (χ3v) is 4.73. The van der Waals surface area contributed by atoms with E-state index >= 15 is 0 Å². The first-order chi connectivity index (χ1) is 13.5. The van der Waals surface area contributed by atoms with Gasteiger partial charge in [0, 0.05) is 19.5 Å². The number of carboxylic acid groups (broad SMARTS) is 1. The molecule has 7 heteroatoms. The van der Waals surface area contributed by atoms with Crippen molar-refractivity contribution in [2.75, 3.05) is 13.1 Å². The van der Waals surface area contributed by atoms with Crippen molar-refractivity contribution < 1.29 is 19.5 Å². The summed E-state index contributed by atoms with van der Waals surface area (Å²) in [6.07, 6.45) is 0.951. The number of rotatable bonds is 6. The predicted molar refractivity (Wildman–Crippen MR) is 104 cm³/mol. The van der Waals surface area contributed by atoms with Crippen molar-refractivity contribution in [3.05, 3.63) is 71.3 Å². The van der Waals surface area contributed by atoms with Crippen LogP contribution in [0, 0.1) is 0 Å². The Labute approximate surface area is 163 Å². The number of urea groups is 1. The van der Waals surface area contributed by atoms with Gasteiger partial charge in [0.05, 0.1) is 6.54 Å². The first-order valence-electron chi connectivity index (χ1n) is 9.18. The van der Waals surface area contributed by atoms with Crippen molar-refractivity contribution >= 4 is 17.9 Å². The summed E-state index contributed by atoms with van der Waals surface area (Å²) in [5.41, 5.74) is 3.14. The van der Waals surface area contributed by atoms with Crippen LogP contribution in [0.5, 0.6) is 0 Å². The van der Waals surface area contributed by atoms with Crippen LogP contribution in [0.4, 0.5) is 4.79 Å². The van der Waals surface area contributed by atoms with Crippen molar-refractivity contribution in [2.24, 2.45) is 0 Å². The lowest BCUT2D eigenvalue weighted by atomic mass is 10.0. The van der Waals surface area contributed by atoms with E-state index in [2.05, 4.69) is 16.7 Å². The van der Waals surface area contributed by atoms with E-state index in [1.54, 1.807) is 17.0 Å². The molecule has 3 amide bonds. The average Bonchev–Trinajstić information content (AvgIpc) is 2.72. The van der Waals surface area contributed by atoms with Crippen molar-refractivity contribution in [1.82, 2.24) is 15.5 Å². The maximum atomic E-state index is 12.3. The van der Waals surface area contributed by atoms with Crippen LogP contribution >= 0.6 is 0 Å². The Bertz CT molecular complexity index is 854. The minimum atomic E-state index is -1.11. The normalized spacial score (nSPS) is 13.9. The van der Waals surface area contributed by atoms with Crippen LogP contribution in [-0.2, 0) is 29.0 Å². The van der Waals surface area contributed by atoms with E-state index in [0.29, 0.717) is 13.1 Å². The Kier molecular flexibility index (Phi) is 6.26. The zero-order valence-corrected chi connectivity index (χ0v) is 15.4. The summed E-state index contributed by atoms with van der Waals surface area (Å²) in [5, 5.41) is 14.4. The van der Waals surface area contributed by atoms with Crippen molar-refractivity contribution in [2.45, 2.75) is 25.4 Å². The lowest BCUT2D eigenvalue weighted by Crippen LogP contribution is -2.49. The van der Waals surface area contributed by atoms with Crippen LogP contribution in [0.3, 0.4) is 0 Å². The van der Waals surface area contributed by atoms with Gasteiger partial charge in [0.15, 0.2) is 0 Å². The SMILES string of the molecule is O=C(CNC(=O)N1CCc2ccccc2C1)N[C@H](Cc1ccccc1)C(=O)O. The average molecular weight is 381 g/mol. The fourth-order valence-corrected chi connectivity index (χ4v) is 3.23.